The normalized spacial score (nSPS) is 16.3. The largest absolute Gasteiger partial charge is 0.361 e. The summed E-state index contributed by atoms with van der Waals surface area (Å²) in [5, 5.41) is 6.37. The van der Waals surface area contributed by atoms with Crippen LogP contribution >= 0.6 is 0 Å². The van der Waals surface area contributed by atoms with E-state index >= 15 is 0 Å². The van der Waals surface area contributed by atoms with Gasteiger partial charge < -0.3 is 9.88 Å². The van der Waals surface area contributed by atoms with Gasteiger partial charge >= 0.3 is 0 Å². The number of allylic oxidation sites excluding steroid dienone is 4. The van der Waals surface area contributed by atoms with Crippen molar-refractivity contribution in [3.63, 3.8) is 0 Å². The van der Waals surface area contributed by atoms with Crippen LogP contribution in [0.25, 0.3) is 10.9 Å². The van der Waals surface area contributed by atoms with E-state index in [2.05, 4.69) is 23.2 Å². The molecule has 0 radical (unpaired) electrons. The summed E-state index contributed by atoms with van der Waals surface area (Å²) in [7, 11) is -3.63. The number of nitrogens with one attached hydrogen (secondary N) is 1. The molecular weight excluding hydrogens is 310 g/mol. The molecule has 6 heteroatoms. The smallest absolute Gasteiger partial charge is 0.240 e. The van der Waals surface area contributed by atoms with E-state index in [0.29, 0.717) is 12.2 Å². The van der Waals surface area contributed by atoms with Crippen molar-refractivity contribution in [1.29, 1.82) is 0 Å². The molecule has 0 fully saturated rings. The maximum Gasteiger partial charge on any atom is 0.240 e. The lowest BCUT2D eigenvalue weighted by Gasteiger charge is -2.27. The zero-order chi connectivity index (χ0) is 16.3. The minimum absolute atomic E-state index is 0.171. The first kappa shape index (κ1) is 15.3. The van der Waals surface area contributed by atoms with Gasteiger partial charge in [-0.2, -0.15) is 0 Å². The molecule has 3 N–H and O–H groups in total. The van der Waals surface area contributed by atoms with Crippen molar-refractivity contribution in [1.82, 2.24) is 9.88 Å². The number of fused-ring (bicyclic) bond motifs is 2. The van der Waals surface area contributed by atoms with Crippen LogP contribution in [0.1, 0.15) is 0 Å². The Labute approximate surface area is 135 Å². The summed E-state index contributed by atoms with van der Waals surface area (Å²) in [6.45, 7) is 0.676. The fraction of sp³-hybridized carbons (Fsp3) is 0.0588. The number of para-hydroxylation sites is 1. The molecule has 23 heavy (non-hydrogen) atoms. The van der Waals surface area contributed by atoms with Gasteiger partial charge in [0, 0.05) is 24.5 Å². The van der Waals surface area contributed by atoms with Crippen LogP contribution in [-0.4, -0.2) is 24.8 Å². The van der Waals surface area contributed by atoms with Gasteiger partial charge in [-0.3, -0.25) is 0 Å². The molecule has 0 atom stereocenters. The van der Waals surface area contributed by atoms with Crippen molar-refractivity contribution in [2.75, 3.05) is 6.54 Å². The molecule has 0 saturated heterocycles. The lowest BCUT2D eigenvalue weighted by atomic mass is 10.2. The summed E-state index contributed by atoms with van der Waals surface area (Å²) in [6, 6.07) is 10.3. The lowest BCUT2D eigenvalue weighted by molar-refractivity contribution is 0.517. The number of nitrogens with zero attached hydrogens (tertiary/aromatic N) is 1. The summed E-state index contributed by atoms with van der Waals surface area (Å²) >= 11 is 0. The SMILES string of the molecule is NS(=O)(=O)C1=CC=CN2CC=CC=C12.c1ccc2[nH]ccc2c1. The number of hydrogen-bond acceptors (Lipinski definition) is 3. The lowest BCUT2D eigenvalue weighted by Crippen LogP contribution is -2.28. The van der Waals surface area contributed by atoms with E-state index in [1.165, 1.54) is 17.0 Å². The summed E-state index contributed by atoms with van der Waals surface area (Å²) < 4.78 is 22.5. The fourth-order valence-electron chi connectivity index (χ4n) is 2.45. The van der Waals surface area contributed by atoms with Crippen molar-refractivity contribution in [2.45, 2.75) is 0 Å². The third-order valence-corrected chi connectivity index (χ3v) is 4.50. The Morgan fingerprint density at radius 2 is 1.91 bits per heavy atom. The third kappa shape index (κ3) is 3.44. The van der Waals surface area contributed by atoms with Crippen LogP contribution in [0.4, 0.5) is 0 Å². The van der Waals surface area contributed by atoms with Gasteiger partial charge in [0.1, 0.15) is 4.91 Å². The Morgan fingerprint density at radius 1 is 1.09 bits per heavy atom. The average molecular weight is 327 g/mol. The number of hydrogen-bond donors (Lipinski definition) is 2. The molecule has 3 heterocycles. The highest BCUT2D eigenvalue weighted by Crippen LogP contribution is 2.25. The predicted molar refractivity (Wildman–Crippen MR) is 92.6 cm³/mol. The summed E-state index contributed by atoms with van der Waals surface area (Å²) in [5.41, 5.74) is 1.84. The summed E-state index contributed by atoms with van der Waals surface area (Å²) in [5.74, 6) is 0. The van der Waals surface area contributed by atoms with E-state index in [0.717, 1.165) is 0 Å². The molecule has 1 aromatic heterocycles. The molecular formula is C17H17N3O2S. The molecule has 0 saturated carbocycles. The first-order valence-electron chi connectivity index (χ1n) is 7.13. The van der Waals surface area contributed by atoms with Crippen molar-refractivity contribution >= 4 is 20.9 Å². The van der Waals surface area contributed by atoms with Crippen molar-refractivity contribution in [2.24, 2.45) is 5.14 Å². The number of primary sulfonamides is 1. The zero-order valence-electron chi connectivity index (χ0n) is 12.4. The van der Waals surface area contributed by atoms with Gasteiger partial charge in [0.15, 0.2) is 0 Å². The molecule has 4 rings (SSSR count). The Morgan fingerprint density at radius 3 is 2.70 bits per heavy atom. The number of aromatic nitrogens is 1. The Bertz CT molecular complexity index is 903. The van der Waals surface area contributed by atoms with Gasteiger partial charge in [0.25, 0.3) is 0 Å². The number of benzene rings is 1. The highest BCUT2D eigenvalue weighted by molar-refractivity contribution is 7.93. The van der Waals surface area contributed by atoms with Gasteiger partial charge in [0.2, 0.25) is 10.0 Å². The molecule has 0 amide bonds. The molecule has 0 spiro atoms. The monoisotopic (exact) mass is 327 g/mol. The molecule has 2 aliphatic rings. The van der Waals surface area contributed by atoms with E-state index in [1.54, 1.807) is 12.2 Å². The molecule has 1 aromatic carbocycles. The standard InChI is InChI=1S/C9H10N2O2S.C8H7N/c10-14(12,13)9-5-3-7-11-6-2-1-4-8(9)11;1-2-4-8-7(3-1)5-6-9-8/h1-5,7H,6H2,(H2,10,12,13);1-6,9H. The zero-order valence-corrected chi connectivity index (χ0v) is 13.2. The molecule has 118 valence electrons. The highest BCUT2D eigenvalue weighted by Gasteiger charge is 2.23. The molecule has 2 aliphatic heterocycles. The van der Waals surface area contributed by atoms with Crippen LogP contribution in [0.5, 0.6) is 0 Å². The number of aromatic amines is 1. The molecule has 0 bridgehead atoms. The maximum atomic E-state index is 11.2. The van der Waals surface area contributed by atoms with Crippen LogP contribution in [-0.2, 0) is 10.0 Å². The Hall–Kier alpha value is -2.57. The molecule has 5 nitrogen and oxygen atoms in total. The second-order valence-corrected chi connectivity index (χ2v) is 6.64. The fourth-order valence-corrected chi connectivity index (χ4v) is 3.19. The van der Waals surface area contributed by atoms with Crippen molar-refractivity contribution in [3.05, 3.63) is 83.7 Å². The summed E-state index contributed by atoms with van der Waals surface area (Å²) in [6.07, 6.45) is 12.5. The average Bonchev–Trinajstić information content (AvgIpc) is 3.02. The van der Waals surface area contributed by atoms with Crippen molar-refractivity contribution in [3.8, 4) is 0 Å². The topological polar surface area (TPSA) is 79.2 Å². The van der Waals surface area contributed by atoms with E-state index in [4.69, 9.17) is 5.14 Å². The third-order valence-electron chi connectivity index (χ3n) is 3.54. The molecule has 0 aliphatic carbocycles. The second-order valence-electron chi connectivity index (χ2n) is 5.11. The minimum Gasteiger partial charge on any atom is -0.361 e. The summed E-state index contributed by atoms with van der Waals surface area (Å²) in [4.78, 5) is 5.12. The van der Waals surface area contributed by atoms with Gasteiger partial charge in [-0.05, 0) is 35.7 Å². The quantitative estimate of drug-likeness (QED) is 0.845. The van der Waals surface area contributed by atoms with Crippen LogP contribution in [0.2, 0.25) is 0 Å². The van der Waals surface area contributed by atoms with Gasteiger partial charge in [-0.15, -0.1) is 0 Å². The van der Waals surface area contributed by atoms with E-state index in [-0.39, 0.29) is 4.91 Å². The van der Waals surface area contributed by atoms with Crippen LogP contribution < -0.4 is 5.14 Å². The minimum atomic E-state index is -3.63. The van der Waals surface area contributed by atoms with Gasteiger partial charge in [-0.1, -0.05) is 30.4 Å². The number of nitrogens with two attached hydrogens (primary N) is 1. The van der Waals surface area contributed by atoms with Crippen LogP contribution in [0.3, 0.4) is 0 Å². The molecule has 0 unspecified atom stereocenters. The predicted octanol–water partition coefficient (Wildman–Crippen LogP) is 2.61. The van der Waals surface area contributed by atoms with E-state index in [9.17, 15) is 8.42 Å². The number of H-pyrrole nitrogens is 1. The van der Waals surface area contributed by atoms with E-state index in [1.807, 2.05) is 41.6 Å². The first-order chi connectivity index (χ1) is 11.1. The van der Waals surface area contributed by atoms with Crippen LogP contribution in [0, 0.1) is 0 Å². The highest BCUT2D eigenvalue weighted by atomic mass is 32.2. The van der Waals surface area contributed by atoms with E-state index < -0.39 is 10.0 Å². The first-order valence-corrected chi connectivity index (χ1v) is 8.67. The van der Waals surface area contributed by atoms with Crippen LogP contribution in [0.15, 0.2) is 83.7 Å². The maximum absolute atomic E-state index is 11.2. The Kier molecular flexibility index (Phi) is 4.18. The molecule has 2 aromatic rings. The number of rotatable bonds is 1. The Balaban J connectivity index is 0.000000149. The second kappa shape index (κ2) is 6.28. The van der Waals surface area contributed by atoms with Gasteiger partial charge in [-0.25, -0.2) is 13.6 Å². The van der Waals surface area contributed by atoms with Gasteiger partial charge in [0.05, 0.1) is 5.70 Å². The number of sulfonamides is 1. The van der Waals surface area contributed by atoms with Crippen molar-refractivity contribution < 1.29 is 8.42 Å².